The van der Waals surface area contributed by atoms with Crippen molar-refractivity contribution in [3.63, 3.8) is 0 Å². The van der Waals surface area contributed by atoms with Crippen molar-refractivity contribution in [1.29, 1.82) is 5.26 Å². The summed E-state index contributed by atoms with van der Waals surface area (Å²) in [6.07, 6.45) is -1.94. The molecule has 9 nitrogen and oxygen atoms in total. The van der Waals surface area contributed by atoms with Crippen LogP contribution in [0.3, 0.4) is 0 Å². The average Bonchev–Trinajstić information content (AvgIpc) is 2.99. The fraction of sp³-hybridized carbons (Fsp3) is 0.241. The smallest absolute Gasteiger partial charge is 0.416 e. The second-order valence-corrected chi connectivity index (χ2v) is 9.44. The van der Waals surface area contributed by atoms with E-state index in [1.807, 2.05) is 6.07 Å². The molecule has 2 amide bonds. The van der Waals surface area contributed by atoms with Crippen molar-refractivity contribution in [3.8, 4) is 34.3 Å². The number of pyridine rings is 1. The Bertz CT molecular complexity index is 1710. The van der Waals surface area contributed by atoms with E-state index in [2.05, 4.69) is 15.0 Å². The molecule has 12 heteroatoms. The van der Waals surface area contributed by atoms with Crippen molar-refractivity contribution < 1.29 is 27.5 Å². The summed E-state index contributed by atoms with van der Waals surface area (Å²) in [7, 11) is 1.41. The minimum Gasteiger partial charge on any atom is -0.480 e. The largest absolute Gasteiger partial charge is 0.480 e. The van der Waals surface area contributed by atoms with Gasteiger partial charge in [-0.25, -0.2) is 15.0 Å². The second kappa shape index (κ2) is 10.8. The van der Waals surface area contributed by atoms with E-state index in [1.165, 1.54) is 37.5 Å². The van der Waals surface area contributed by atoms with Gasteiger partial charge in [-0.2, -0.15) is 18.4 Å². The Morgan fingerprint density at radius 2 is 1.66 bits per heavy atom. The summed E-state index contributed by atoms with van der Waals surface area (Å²) in [5, 5.41) is 9.90. The molecule has 1 aliphatic heterocycles. The normalized spacial score (nSPS) is 13.7. The quantitative estimate of drug-likeness (QED) is 0.360. The summed E-state index contributed by atoms with van der Waals surface area (Å²) < 4.78 is 47.1. The van der Waals surface area contributed by atoms with Crippen LogP contribution in [0, 0.1) is 11.3 Å². The van der Waals surface area contributed by atoms with E-state index in [1.54, 1.807) is 29.2 Å². The van der Waals surface area contributed by atoms with E-state index in [-0.39, 0.29) is 47.3 Å². The van der Waals surface area contributed by atoms with Gasteiger partial charge in [-0.1, -0.05) is 6.07 Å². The van der Waals surface area contributed by atoms with Crippen molar-refractivity contribution in [1.82, 2.24) is 24.8 Å². The molecule has 5 rings (SSSR count). The monoisotopic (exact) mass is 560 g/mol. The van der Waals surface area contributed by atoms with Gasteiger partial charge in [0.2, 0.25) is 11.8 Å². The molecule has 0 spiro atoms. The number of carbonyl (C=O) groups excluding carboxylic acids is 2. The molecule has 0 atom stereocenters. The van der Waals surface area contributed by atoms with Crippen molar-refractivity contribution in [2.45, 2.75) is 13.1 Å². The predicted molar refractivity (Wildman–Crippen MR) is 143 cm³/mol. The van der Waals surface area contributed by atoms with Crippen LogP contribution in [0.4, 0.5) is 13.2 Å². The molecular formula is C29H23F3N6O3. The maximum Gasteiger partial charge on any atom is 0.416 e. The molecule has 2 aromatic carbocycles. The minimum atomic E-state index is -4.71. The molecule has 2 aromatic heterocycles. The lowest BCUT2D eigenvalue weighted by Gasteiger charge is -2.34. The first-order valence-electron chi connectivity index (χ1n) is 12.6. The van der Waals surface area contributed by atoms with Gasteiger partial charge in [0, 0.05) is 61.4 Å². The summed E-state index contributed by atoms with van der Waals surface area (Å²) in [5.41, 5.74) is 1.11. The Labute approximate surface area is 232 Å². The van der Waals surface area contributed by atoms with E-state index >= 15 is 0 Å². The third-order valence-electron chi connectivity index (χ3n) is 6.93. The molecule has 0 saturated carbocycles. The Hall–Kier alpha value is -5.05. The highest BCUT2D eigenvalue weighted by Gasteiger charge is 2.33. The third-order valence-corrected chi connectivity index (χ3v) is 6.93. The molecule has 0 radical (unpaired) electrons. The number of fused-ring (bicyclic) bond motifs is 1. The SMILES string of the molecule is COc1ncc(-c2ccc3ncnc(-c4cc(C(=O)N5CCN(C(C)=O)CC5)cc(C(F)(F)F)c4)c3c2)cc1C#N. The van der Waals surface area contributed by atoms with Crippen molar-refractivity contribution in [3.05, 3.63) is 71.7 Å². The number of hydrogen-bond acceptors (Lipinski definition) is 7. The molecule has 0 bridgehead atoms. The zero-order valence-electron chi connectivity index (χ0n) is 22.1. The van der Waals surface area contributed by atoms with Crippen LogP contribution in [0.1, 0.15) is 28.4 Å². The fourth-order valence-corrected chi connectivity index (χ4v) is 4.78. The number of benzene rings is 2. The van der Waals surface area contributed by atoms with E-state index in [0.717, 1.165) is 12.1 Å². The first-order chi connectivity index (χ1) is 19.6. The number of alkyl halides is 3. The van der Waals surface area contributed by atoms with E-state index < -0.39 is 17.6 Å². The summed E-state index contributed by atoms with van der Waals surface area (Å²) in [6, 6.07) is 12.0. The van der Waals surface area contributed by atoms with E-state index in [4.69, 9.17) is 4.74 Å². The number of nitriles is 1. The summed E-state index contributed by atoms with van der Waals surface area (Å²) in [6.45, 7) is 2.47. The molecule has 0 unspecified atom stereocenters. The number of rotatable bonds is 4. The molecular weight excluding hydrogens is 537 g/mol. The third kappa shape index (κ3) is 5.51. The molecule has 41 heavy (non-hydrogen) atoms. The van der Waals surface area contributed by atoms with Crippen LogP contribution in [0.2, 0.25) is 0 Å². The number of carbonyl (C=O) groups is 2. The first-order valence-corrected chi connectivity index (χ1v) is 12.6. The van der Waals surface area contributed by atoms with Gasteiger partial charge in [0.15, 0.2) is 0 Å². The number of aromatic nitrogens is 3. The van der Waals surface area contributed by atoms with Gasteiger partial charge in [0.05, 0.1) is 23.9 Å². The molecule has 1 saturated heterocycles. The molecule has 208 valence electrons. The highest BCUT2D eigenvalue weighted by Crippen LogP contribution is 2.36. The maximum absolute atomic E-state index is 14.0. The van der Waals surface area contributed by atoms with Gasteiger partial charge in [-0.05, 0) is 42.0 Å². The van der Waals surface area contributed by atoms with Gasteiger partial charge in [0.25, 0.3) is 5.91 Å². The predicted octanol–water partition coefficient (Wildman–Crippen LogP) is 4.56. The first kappa shape index (κ1) is 27.5. The molecule has 4 aromatic rings. The number of ether oxygens (including phenoxy) is 1. The number of piperazine rings is 1. The summed E-state index contributed by atoms with van der Waals surface area (Å²) in [5.74, 6) is -0.513. The van der Waals surface area contributed by atoms with Crippen LogP contribution in [0.25, 0.3) is 33.3 Å². The lowest BCUT2D eigenvalue weighted by Crippen LogP contribution is -2.50. The van der Waals surface area contributed by atoms with Crippen molar-refractivity contribution >= 4 is 22.7 Å². The lowest BCUT2D eigenvalue weighted by atomic mass is 9.97. The van der Waals surface area contributed by atoms with Gasteiger partial charge in [-0.15, -0.1) is 0 Å². The number of methoxy groups -OCH3 is 1. The van der Waals surface area contributed by atoms with Crippen LogP contribution in [0.15, 0.2) is 55.0 Å². The number of nitrogens with zero attached hydrogens (tertiary/aromatic N) is 6. The minimum absolute atomic E-state index is 0.0978. The fourth-order valence-electron chi connectivity index (χ4n) is 4.78. The number of amides is 2. The van der Waals surface area contributed by atoms with Crippen LogP contribution in [-0.4, -0.2) is 69.9 Å². The number of hydrogen-bond donors (Lipinski definition) is 0. The van der Waals surface area contributed by atoms with Crippen molar-refractivity contribution in [2.75, 3.05) is 33.3 Å². The van der Waals surface area contributed by atoms with Crippen LogP contribution >= 0.6 is 0 Å². The highest BCUT2D eigenvalue weighted by molar-refractivity contribution is 5.99. The van der Waals surface area contributed by atoms with E-state index in [0.29, 0.717) is 35.1 Å². The second-order valence-electron chi connectivity index (χ2n) is 9.44. The van der Waals surface area contributed by atoms with Gasteiger partial charge in [0.1, 0.15) is 18.0 Å². The molecule has 0 N–H and O–H groups in total. The van der Waals surface area contributed by atoms with Crippen LogP contribution in [-0.2, 0) is 11.0 Å². The molecule has 1 fully saturated rings. The Morgan fingerprint density at radius 3 is 2.32 bits per heavy atom. The van der Waals surface area contributed by atoms with E-state index in [9.17, 15) is 28.0 Å². The molecule has 1 aliphatic rings. The Balaban J connectivity index is 1.59. The number of halogens is 3. The molecule has 0 aliphatic carbocycles. The van der Waals surface area contributed by atoms with Crippen molar-refractivity contribution in [2.24, 2.45) is 0 Å². The Morgan fingerprint density at radius 1 is 0.927 bits per heavy atom. The lowest BCUT2D eigenvalue weighted by molar-refractivity contribution is -0.137. The zero-order chi connectivity index (χ0) is 29.3. The summed E-state index contributed by atoms with van der Waals surface area (Å²) in [4.78, 5) is 40.7. The van der Waals surface area contributed by atoms with Crippen LogP contribution < -0.4 is 4.74 Å². The Kier molecular flexibility index (Phi) is 7.28. The average molecular weight is 561 g/mol. The highest BCUT2D eigenvalue weighted by atomic mass is 19.4. The van der Waals surface area contributed by atoms with Gasteiger partial charge in [-0.3, -0.25) is 9.59 Å². The topological polar surface area (TPSA) is 112 Å². The molecule has 3 heterocycles. The summed E-state index contributed by atoms with van der Waals surface area (Å²) >= 11 is 0. The zero-order valence-corrected chi connectivity index (χ0v) is 22.1. The van der Waals surface area contributed by atoms with Gasteiger partial charge >= 0.3 is 6.18 Å². The van der Waals surface area contributed by atoms with Crippen LogP contribution in [0.5, 0.6) is 5.88 Å². The van der Waals surface area contributed by atoms with Gasteiger partial charge < -0.3 is 14.5 Å². The standard InChI is InChI=1S/C29H23F3N6O3/c1-17(39)37-5-7-38(8-6-37)28(40)20-9-19(11-23(12-20)29(30,31)32)26-24-13-18(3-4-25(24)35-16-36-26)22-10-21(14-33)27(41-2)34-15-22/h3-4,9-13,15-16H,5-8H2,1-2H3. The maximum atomic E-state index is 14.0.